The van der Waals surface area contributed by atoms with Crippen LogP contribution in [0, 0.1) is 5.92 Å². The Kier molecular flexibility index (Phi) is 3.37. The molecule has 2 heteroatoms. The van der Waals surface area contributed by atoms with Gasteiger partial charge in [-0.1, -0.05) is 30.3 Å². The SMILES string of the molecule is c1csc(C(NC2CCCc3ccccc32)C2CC2)c1. The van der Waals surface area contributed by atoms with E-state index in [1.807, 2.05) is 11.3 Å². The summed E-state index contributed by atoms with van der Waals surface area (Å²) >= 11 is 1.91. The van der Waals surface area contributed by atoms with Gasteiger partial charge in [0, 0.05) is 17.0 Å². The van der Waals surface area contributed by atoms with Crippen LogP contribution >= 0.6 is 11.3 Å². The van der Waals surface area contributed by atoms with Gasteiger partial charge in [-0.15, -0.1) is 11.3 Å². The Morgan fingerprint density at radius 3 is 2.75 bits per heavy atom. The van der Waals surface area contributed by atoms with E-state index in [1.54, 1.807) is 11.1 Å². The van der Waals surface area contributed by atoms with Crippen LogP contribution in [0.15, 0.2) is 41.8 Å². The number of hydrogen-bond donors (Lipinski definition) is 1. The van der Waals surface area contributed by atoms with Crippen LogP contribution in [0.1, 0.15) is 53.8 Å². The van der Waals surface area contributed by atoms with Gasteiger partial charge in [-0.3, -0.25) is 0 Å². The highest BCUT2D eigenvalue weighted by atomic mass is 32.1. The van der Waals surface area contributed by atoms with Crippen LogP contribution in [0.2, 0.25) is 0 Å². The number of thiophene rings is 1. The number of nitrogens with one attached hydrogen (secondary N) is 1. The van der Waals surface area contributed by atoms with Gasteiger partial charge in [0.1, 0.15) is 0 Å². The van der Waals surface area contributed by atoms with E-state index in [9.17, 15) is 0 Å². The summed E-state index contributed by atoms with van der Waals surface area (Å²) in [5, 5.41) is 6.20. The first-order valence-corrected chi connectivity index (χ1v) is 8.67. The largest absolute Gasteiger partial charge is 0.302 e. The van der Waals surface area contributed by atoms with Gasteiger partial charge in [0.25, 0.3) is 0 Å². The van der Waals surface area contributed by atoms with Gasteiger partial charge in [0.05, 0.1) is 0 Å². The summed E-state index contributed by atoms with van der Waals surface area (Å²) in [5.74, 6) is 0.864. The van der Waals surface area contributed by atoms with Crippen LogP contribution in [0.4, 0.5) is 0 Å². The van der Waals surface area contributed by atoms with Crippen molar-refractivity contribution < 1.29 is 0 Å². The fourth-order valence-electron chi connectivity index (χ4n) is 3.49. The number of rotatable bonds is 4. The van der Waals surface area contributed by atoms with E-state index in [2.05, 4.69) is 47.1 Å². The summed E-state index contributed by atoms with van der Waals surface area (Å²) in [5.41, 5.74) is 3.10. The first kappa shape index (κ1) is 12.6. The van der Waals surface area contributed by atoms with Crippen molar-refractivity contribution in [2.45, 2.75) is 44.2 Å². The van der Waals surface area contributed by atoms with Crippen molar-refractivity contribution in [1.29, 1.82) is 0 Å². The zero-order valence-corrected chi connectivity index (χ0v) is 12.5. The minimum absolute atomic E-state index is 0.549. The number of fused-ring (bicyclic) bond motifs is 1. The summed E-state index contributed by atoms with van der Waals surface area (Å²) in [6, 6.07) is 14.6. The molecule has 1 aromatic heterocycles. The van der Waals surface area contributed by atoms with Crippen molar-refractivity contribution in [2.75, 3.05) is 0 Å². The standard InChI is InChI=1S/C18H21NS/c1-2-7-15-13(5-1)6-3-8-16(15)19-18(14-10-11-14)17-9-4-12-20-17/h1-2,4-5,7,9,12,14,16,18-19H,3,6,8,10-11H2. The molecule has 1 aromatic carbocycles. The molecule has 1 saturated carbocycles. The third-order valence-electron chi connectivity index (χ3n) is 4.69. The maximum Gasteiger partial charge on any atom is 0.0448 e. The van der Waals surface area contributed by atoms with Crippen molar-refractivity contribution in [2.24, 2.45) is 5.92 Å². The minimum Gasteiger partial charge on any atom is -0.302 e. The third kappa shape index (κ3) is 2.43. The second kappa shape index (κ2) is 5.34. The van der Waals surface area contributed by atoms with E-state index >= 15 is 0 Å². The predicted molar refractivity (Wildman–Crippen MR) is 85.0 cm³/mol. The Morgan fingerprint density at radius 1 is 1.05 bits per heavy atom. The van der Waals surface area contributed by atoms with Crippen LogP contribution in [0.25, 0.3) is 0 Å². The van der Waals surface area contributed by atoms with Gasteiger partial charge < -0.3 is 5.32 Å². The smallest absolute Gasteiger partial charge is 0.0448 e. The number of benzene rings is 1. The summed E-state index contributed by atoms with van der Waals surface area (Å²) in [6.07, 6.45) is 6.64. The second-order valence-corrected chi connectivity index (χ2v) is 7.12. The molecule has 20 heavy (non-hydrogen) atoms. The average molecular weight is 283 g/mol. The normalized spacial score (nSPS) is 23.3. The molecule has 2 aliphatic carbocycles. The lowest BCUT2D eigenvalue weighted by Crippen LogP contribution is -2.30. The van der Waals surface area contributed by atoms with Crippen LogP contribution in [-0.2, 0) is 6.42 Å². The fourth-order valence-corrected chi connectivity index (χ4v) is 4.37. The number of hydrogen-bond acceptors (Lipinski definition) is 2. The summed E-state index contributed by atoms with van der Waals surface area (Å²) in [7, 11) is 0. The molecule has 0 saturated heterocycles. The molecular weight excluding hydrogens is 262 g/mol. The highest BCUT2D eigenvalue weighted by Gasteiger charge is 2.35. The lowest BCUT2D eigenvalue weighted by Gasteiger charge is -2.30. The van der Waals surface area contributed by atoms with E-state index < -0.39 is 0 Å². The fraction of sp³-hybridized carbons (Fsp3) is 0.444. The highest BCUT2D eigenvalue weighted by Crippen LogP contribution is 2.44. The molecule has 0 bridgehead atoms. The molecule has 1 heterocycles. The molecule has 4 rings (SSSR count). The molecule has 1 nitrogen and oxygen atoms in total. The van der Waals surface area contributed by atoms with Crippen LogP contribution in [0.5, 0.6) is 0 Å². The van der Waals surface area contributed by atoms with Crippen molar-refractivity contribution in [3.8, 4) is 0 Å². The molecule has 0 amide bonds. The van der Waals surface area contributed by atoms with Gasteiger partial charge in [0.2, 0.25) is 0 Å². The molecule has 2 atom stereocenters. The zero-order chi connectivity index (χ0) is 13.4. The molecule has 104 valence electrons. The Balaban J connectivity index is 1.59. The van der Waals surface area contributed by atoms with Crippen LogP contribution < -0.4 is 5.32 Å². The number of aryl methyl sites for hydroxylation is 1. The molecule has 0 radical (unpaired) electrons. The van der Waals surface area contributed by atoms with Crippen LogP contribution in [0.3, 0.4) is 0 Å². The van der Waals surface area contributed by atoms with E-state index in [-0.39, 0.29) is 0 Å². The van der Waals surface area contributed by atoms with Crippen molar-refractivity contribution in [3.05, 3.63) is 57.8 Å². The zero-order valence-electron chi connectivity index (χ0n) is 11.7. The Bertz CT molecular complexity index is 571. The van der Waals surface area contributed by atoms with Crippen molar-refractivity contribution >= 4 is 11.3 Å². The van der Waals surface area contributed by atoms with Crippen molar-refractivity contribution in [1.82, 2.24) is 5.32 Å². The Labute approximate surface area is 125 Å². The molecule has 2 unspecified atom stereocenters. The molecule has 0 spiro atoms. The molecule has 1 N–H and O–H groups in total. The molecule has 0 aliphatic heterocycles. The molecular formula is C18H21NS. The second-order valence-electron chi connectivity index (χ2n) is 6.14. The Hall–Kier alpha value is -1.12. The lowest BCUT2D eigenvalue weighted by molar-refractivity contribution is 0.378. The third-order valence-corrected chi connectivity index (χ3v) is 5.65. The minimum atomic E-state index is 0.549. The maximum atomic E-state index is 3.99. The van der Waals surface area contributed by atoms with Crippen LogP contribution in [-0.4, -0.2) is 0 Å². The van der Waals surface area contributed by atoms with Gasteiger partial charge >= 0.3 is 0 Å². The Morgan fingerprint density at radius 2 is 1.95 bits per heavy atom. The highest BCUT2D eigenvalue weighted by molar-refractivity contribution is 7.10. The quantitative estimate of drug-likeness (QED) is 0.844. The summed E-state index contributed by atoms with van der Waals surface area (Å²) in [6.45, 7) is 0. The first-order chi connectivity index (χ1) is 9.92. The molecule has 2 aliphatic rings. The van der Waals surface area contributed by atoms with Gasteiger partial charge in [-0.05, 0) is 60.6 Å². The van der Waals surface area contributed by atoms with E-state index in [0.717, 1.165) is 5.92 Å². The monoisotopic (exact) mass is 283 g/mol. The van der Waals surface area contributed by atoms with Gasteiger partial charge in [-0.2, -0.15) is 0 Å². The summed E-state index contributed by atoms with van der Waals surface area (Å²) in [4.78, 5) is 1.52. The molecule has 1 fully saturated rings. The maximum absolute atomic E-state index is 3.99. The van der Waals surface area contributed by atoms with E-state index in [1.165, 1.54) is 37.0 Å². The topological polar surface area (TPSA) is 12.0 Å². The molecule has 2 aromatic rings. The first-order valence-electron chi connectivity index (χ1n) is 7.79. The lowest BCUT2D eigenvalue weighted by atomic mass is 9.87. The summed E-state index contributed by atoms with van der Waals surface area (Å²) < 4.78 is 0. The van der Waals surface area contributed by atoms with E-state index in [4.69, 9.17) is 0 Å². The predicted octanol–water partition coefficient (Wildman–Crippen LogP) is 4.87. The van der Waals surface area contributed by atoms with E-state index in [0.29, 0.717) is 12.1 Å². The van der Waals surface area contributed by atoms with Gasteiger partial charge in [-0.25, -0.2) is 0 Å². The van der Waals surface area contributed by atoms with Crippen molar-refractivity contribution in [3.63, 3.8) is 0 Å². The average Bonchev–Trinajstić information content (AvgIpc) is 3.19. The van der Waals surface area contributed by atoms with Gasteiger partial charge in [0.15, 0.2) is 0 Å².